The summed E-state index contributed by atoms with van der Waals surface area (Å²) >= 11 is 0. The Bertz CT molecular complexity index is 784. The van der Waals surface area contributed by atoms with Crippen molar-refractivity contribution in [2.24, 2.45) is 0 Å². The molecule has 0 heterocycles. The summed E-state index contributed by atoms with van der Waals surface area (Å²) in [5.74, 6) is -0.0678. The van der Waals surface area contributed by atoms with Gasteiger partial charge in [-0.2, -0.15) is 0 Å². The highest BCUT2D eigenvalue weighted by molar-refractivity contribution is 5.76. The Morgan fingerprint density at radius 2 is 0.649 bits per heavy atom. The van der Waals surface area contributed by atoms with Crippen molar-refractivity contribution in [3.05, 3.63) is 12.2 Å². The van der Waals surface area contributed by atoms with Gasteiger partial charge in [0.2, 0.25) is 5.91 Å². The summed E-state index contributed by atoms with van der Waals surface area (Å²) in [6, 6.07) is -0.613. The lowest BCUT2D eigenvalue weighted by atomic mass is 10.0. The van der Waals surface area contributed by atoms with E-state index in [4.69, 9.17) is 0 Å². The highest BCUT2D eigenvalue weighted by Gasteiger charge is 2.18. The lowest BCUT2D eigenvalue weighted by Crippen LogP contribution is -2.45. The van der Waals surface area contributed by atoms with Crippen LogP contribution in [0.3, 0.4) is 0 Å². The minimum atomic E-state index is -0.830. The van der Waals surface area contributed by atoms with E-state index in [2.05, 4.69) is 19.2 Å². The summed E-state index contributed by atoms with van der Waals surface area (Å²) in [4.78, 5) is 12.2. The molecule has 0 aromatic carbocycles. The predicted molar refractivity (Wildman–Crippen MR) is 253 cm³/mol. The quantitative estimate of drug-likeness (QED) is 0.0424. The second-order valence-electron chi connectivity index (χ2n) is 18.3. The van der Waals surface area contributed by atoms with Crippen LogP contribution in [0.5, 0.6) is 0 Å². The SMILES string of the molecule is CCCC/C=C/C(O)C(CO)NC(=O)CCCCCCCCCCCCCCCCCCCCCCCCCCCCCCCCCCCCCCCCCCC. The molecule has 2 unspecified atom stereocenters. The molecule has 0 aromatic rings. The molecule has 2 atom stereocenters. The molecule has 0 radical (unpaired) electrons. The van der Waals surface area contributed by atoms with Crippen molar-refractivity contribution < 1.29 is 15.0 Å². The molecular formula is C53H105NO3. The van der Waals surface area contributed by atoms with Crippen molar-refractivity contribution in [3.8, 4) is 0 Å². The Morgan fingerprint density at radius 3 is 0.895 bits per heavy atom. The summed E-state index contributed by atoms with van der Waals surface area (Å²) in [6.07, 6.45) is 64.5. The van der Waals surface area contributed by atoms with Crippen LogP contribution in [0.2, 0.25) is 0 Å². The molecule has 0 saturated heterocycles. The number of allylic oxidation sites excluding steroid dienone is 1. The summed E-state index contributed by atoms with van der Waals surface area (Å²) in [6.45, 7) is 4.19. The van der Waals surface area contributed by atoms with Crippen LogP contribution >= 0.6 is 0 Å². The molecule has 0 saturated carbocycles. The normalized spacial score (nSPS) is 12.8. The number of amides is 1. The minimum absolute atomic E-state index is 0.0678. The fraction of sp³-hybridized carbons (Fsp3) is 0.943. The van der Waals surface area contributed by atoms with E-state index in [0.29, 0.717) is 6.42 Å². The smallest absolute Gasteiger partial charge is 0.220 e. The van der Waals surface area contributed by atoms with Crippen molar-refractivity contribution in [1.29, 1.82) is 0 Å². The molecule has 0 aliphatic carbocycles. The Kier molecular flexibility index (Phi) is 48.7. The first-order chi connectivity index (χ1) is 28.2. The van der Waals surface area contributed by atoms with Gasteiger partial charge in [-0.25, -0.2) is 0 Å². The van der Waals surface area contributed by atoms with Gasteiger partial charge in [-0.15, -0.1) is 0 Å². The van der Waals surface area contributed by atoms with Gasteiger partial charge < -0.3 is 15.5 Å². The van der Waals surface area contributed by atoms with Gasteiger partial charge in [0.05, 0.1) is 18.8 Å². The number of rotatable bonds is 49. The molecular weight excluding hydrogens is 699 g/mol. The number of hydrogen-bond acceptors (Lipinski definition) is 3. The monoisotopic (exact) mass is 804 g/mol. The third-order valence-electron chi connectivity index (χ3n) is 12.5. The summed E-state index contributed by atoms with van der Waals surface area (Å²) in [7, 11) is 0. The zero-order valence-electron chi connectivity index (χ0n) is 39.1. The average molecular weight is 804 g/mol. The first kappa shape index (κ1) is 56.1. The van der Waals surface area contributed by atoms with E-state index in [-0.39, 0.29) is 12.5 Å². The van der Waals surface area contributed by atoms with Crippen molar-refractivity contribution >= 4 is 5.91 Å². The van der Waals surface area contributed by atoms with Crippen LogP contribution < -0.4 is 5.32 Å². The predicted octanol–water partition coefficient (Wildman–Crippen LogP) is 17.0. The second-order valence-corrected chi connectivity index (χ2v) is 18.3. The number of carbonyl (C=O) groups is 1. The van der Waals surface area contributed by atoms with E-state index in [0.717, 1.165) is 32.1 Å². The van der Waals surface area contributed by atoms with Crippen molar-refractivity contribution in [2.45, 2.75) is 315 Å². The molecule has 4 heteroatoms. The van der Waals surface area contributed by atoms with E-state index in [1.165, 1.54) is 250 Å². The van der Waals surface area contributed by atoms with Crippen LogP contribution in [0.1, 0.15) is 303 Å². The van der Waals surface area contributed by atoms with Gasteiger partial charge in [0, 0.05) is 6.42 Å². The summed E-state index contributed by atoms with van der Waals surface area (Å²) in [5, 5.41) is 22.6. The molecule has 3 N–H and O–H groups in total. The highest BCUT2D eigenvalue weighted by atomic mass is 16.3. The zero-order chi connectivity index (χ0) is 41.4. The van der Waals surface area contributed by atoms with Crippen LogP contribution in [0.25, 0.3) is 0 Å². The number of hydrogen-bond donors (Lipinski definition) is 3. The molecule has 340 valence electrons. The van der Waals surface area contributed by atoms with Gasteiger partial charge in [0.1, 0.15) is 0 Å². The van der Waals surface area contributed by atoms with Crippen LogP contribution in [0.4, 0.5) is 0 Å². The average Bonchev–Trinajstić information content (AvgIpc) is 3.22. The summed E-state index contributed by atoms with van der Waals surface area (Å²) < 4.78 is 0. The maximum absolute atomic E-state index is 12.2. The highest BCUT2D eigenvalue weighted by Crippen LogP contribution is 2.18. The topological polar surface area (TPSA) is 69.6 Å². The second kappa shape index (κ2) is 49.5. The molecule has 57 heavy (non-hydrogen) atoms. The maximum atomic E-state index is 12.2. The van der Waals surface area contributed by atoms with E-state index in [9.17, 15) is 15.0 Å². The number of nitrogens with one attached hydrogen (secondary N) is 1. The zero-order valence-corrected chi connectivity index (χ0v) is 39.1. The largest absolute Gasteiger partial charge is 0.394 e. The fourth-order valence-corrected chi connectivity index (χ4v) is 8.46. The molecule has 1 amide bonds. The molecule has 0 rings (SSSR count). The third-order valence-corrected chi connectivity index (χ3v) is 12.5. The van der Waals surface area contributed by atoms with Gasteiger partial charge in [-0.1, -0.05) is 296 Å². The van der Waals surface area contributed by atoms with E-state index < -0.39 is 12.1 Å². The van der Waals surface area contributed by atoms with Crippen LogP contribution in [-0.2, 0) is 4.79 Å². The van der Waals surface area contributed by atoms with Gasteiger partial charge >= 0.3 is 0 Å². The molecule has 0 aliphatic rings. The van der Waals surface area contributed by atoms with Crippen molar-refractivity contribution in [2.75, 3.05) is 6.61 Å². The van der Waals surface area contributed by atoms with Crippen LogP contribution in [-0.4, -0.2) is 34.9 Å². The summed E-state index contributed by atoms with van der Waals surface area (Å²) in [5.41, 5.74) is 0. The number of aliphatic hydroxyl groups excluding tert-OH is 2. The van der Waals surface area contributed by atoms with Crippen LogP contribution in [0.15, 0.2) is 12.2 Å². The minimum Gasteiger partial charge on any atom is -0.394 e. The standard InChI is InChI=1S/C53H105NO3/c1-3-5-7-9-10-11-12-13-14-15-16-17-18-19-20-21-22-23-24-25-26-27-28-29-30-31-32-33-34-35-36-37-38-39-40-41-42-43-44-45-47-49-53(57)54-51(50-55)52(56)48-46-8-6-4-2/h46,48,51-52,55-56H,3-45,47,49-50H2,1-2H3,(H,54,57)/b48-46+. The van der Waals surface area contributed by atoms with Crippen molar-refractivity contribution in [3.63, 3.8) is 0 Å². The maximum Gasteiger partial charge on any atom is 0.220 e. The molecule has 4 nitrogen and oxygen atoms in total. The Morgan fingerprint density at radius 1 is 0.404 bits per heavy atom. The lowest BCUT2D eigenvalue weighted by molar-refractivity contribution is -0.123. The Hall–Kier alpha value is -0.870. The number of carbonyl (C=O) groups excluding carboxylic acids is 1. The lowest BCUT2D eigenvalue weighted by Gasteiger charge is -2.19. The third kappa shape index (κ3) is 46.1. The molecule has 0 aliphatic heterocycles. The van der Waals surface area contributed by atoms with Gasteiger partial charge in [0.15, 0.2) is 0 Å². The van der Waals surface area contributed by atoms with Gasteiger partial charge in [0.25, 0.3) is 0 Å². The molecule has 0 bridgehead atoms. The number of aliphatic hydroxyl groups is 2. The fourth-order valence-electron chi connectivity index (χ4n) is 8.46. The van der Waals surface area contributed by atoms with Gasteiger partial charge in [-0.05, 0) is 12.8 Å². The van der Waals surface area contributed by atoms with E-state index in [1.54, 1.807) is 6.08 Å². The molecule has 0 spiro atoms. The van der Waals surface area contributed by atoms with Crippen molar-refractivity contribution in [1.82, 2.24) is 5.32 Å². The van der Waals surface area contributed by atoms with E-state index in [1.807, 2.05) is 6.08 Å². The first-order valence-corrected chi connectivity index (χ1v) is 26.4. The van der Waals surface area contributed by atoms with E-state index >= 15 is 0 Å². The first-order valence-electron chi connectivity index (χ1n) is 26.4. The van der Waals surface area contributed by atoms with Crippen LogP contribution in [0, 0.1) is 0 Å². The Balaban J connectivity index is 3.22. The van der Waals surface area contributed by atoms with Gasteiger partial charge in [-0.3, -0.25) is 4.79 Å². The molecule has 0 aromatic heterocycles. The Labute approximate surface area is 358 Å². The number of unbranched alkanes of at least 4 members (excludes halogenated alkanes) is 42. The molecule has 0 fully saturated rings.